The van der Waals surface area contributed by atoms with Crippen LogP contribution < -0.4 is 5.43 Å². The van der Waals surface area contributed by atoms with Gasteiger partial charge in [0.25, 0.3) is 5.43 Å². The van der Waals surface area contributed by atoms with Gasteiger partial charge in [-0.1, -0.05) is 30.3 Å². The van der Waals surface area contributed by atoms with Crippen molar-refractivity contribution < 1.29 is 4.92 Å². The first-order valence-electron chi connectivity index (χ1n) is 6.22. The van der Waals surface area contributed by atoms with Crippen molar-refractivity contribution in [2.75, 3.05) is 5.75 Å². The molecule has 5 nitrogen and oxygen atoms in total. The molecule has 1 aromatic heterocycles. The molecule has 0 aliphatic carbocycles. The second-order valence-electron chi connectivity index (χ2n) is 4.56. The molecule has 0 spiro atoms. The van der Waals surface area contributed by atoms with E-state index in [-0.39, 0.29) is 10.4 Å². The number of thiol groups is 1. The summed E-state index contributed by atoms with van der Waals surface area (Å²) in [6.07, 6.45) is 2.83. The van der Waals surface area contributed by atoms with Gasteiger partial charge >= 0.3 is 5.69 Å². The van der Waals surface area contributed by atoms with Crippen LogP contribution in [0.1, 0.15) is 11.5 Å². The fourth-order valence-electron chi connectivity index (χ4n) is 2.06. The zero-order chi connectivity index (χ0) is 15.4. The fourth-order valence-corrected chi connectivity index (χ4v) is 2.86. The van der Waals surface area contributed by atoms with Crippen LogP contribution in [-0.2, 0) is 6.54 Å². The molecule has 0 aliphatic heterocycles. The number of benzene rings is 1. The lowest BCUT2D eigenvalue weighted by molar-refractivity contribution is -0.386. The van der Waals surface area contributed by atoms with Crippen LogP contribution in [0.15, 0.2) is 52.0 Å². The second kappa shape index (κ2) is 6.91. The van der Waals surface area contributed by atoms with Gasteiger partial charge in [-0.15, -0.1) is 0 Å². The summed E-state index contributed by atoms with van der Waals surface area (Å²) in [4.78, 5) is 21.9. The first kappa shape index (κ1) is 15.8. The average molecular weight is 369 g/mol. The zero-order valence-corrected chi connectivity index (χ0v) is 13.5. The summed E-state index contributed by atoms with van der Waals surface area (Å²) in [5.74, 6) is 0.699. The van der Waals surface area contributed by atoms with Gasteiger partial charge in [0, 0.05) is 18.7 Å². The number of nitro groups is 1. The van der Waals surface area contributed by atoms with Crippen molar-refractivity contribution >= 4 is 34.2 Å². The van der Waals surface area contributed by atoms with Crippen LogP contribution in [0.4, 0.5) is 5.69 Å². The topological polar surface area (TPSA) is 65.1 Å². The third kappa shape index (κ3) is 3.74. The molecule has 1 unspecified atom stereocenters. The molecule has 0 aliphatic rings. The van der Waals surface area contributed by atoms with Gasteiger partial charge in [-0.05, 0) is 27.2 Å². The summed E-state index contributed by atoms with van der Waals surface area (Å²) in [6, 6.07) is 9.80. The summed E-state index contributed by atoms with van der Waals surface area (Å²) >= 11 is 7.43. The minimum Gasteiger partial charge on any atom is -0.346 e. The van der Waals surface area contributed by atoms with Gasteiger partial charge in [0.1, 0.15) is 0 Å². The number of rotatable bonds is 5. The van der Waals surface area contributed by atoms with Crippen LogP contribution in [-0.4, -0.2) is 15.2 Å². The van der Waals surface area contributed by atoms with Crippen LogP contribution in [0.25, 0.3) is 0 Å². The fraction of sp³-hybridized carbons (Fsp3) is 0.214. The lowest BCUT2D eigenvalue weighted by atomic mass is 10.0. The molecule has 0 amide bonds. The van der Waals surface area contributed by atoms with E-state index >= 15 is 0 Å². The van der Waals surface area contributed by atoms with Gasteiger partial charge in [-0.2, -0.15) is 12.6 Å². The van der Waals surface area contributed by atoms with Crippen molar-refractivity contribution in [1.82, 2.24) is 4.57 Å². The predicted molar refractivity (Wildman–Crippen MR) is 88.1 cm³/mol. The Hall–Kier alpha value is -1.60. The Balaban J connectivity index is 2.34. The van der Waals surface area contributed by atoms with Crippen molar-refractivity contribution in [3.63, 3.8) is 0 Å². The monoisotopic (exact) mass is 368 g/mol. The number of hydrogen-bond donors (Lipinski definition) is 1. The normalized spacial score (nSPS) is 12.1. The lowest BCUT2D eigenvalue weighted by Crippen LogP contribution is -2.16. The van der Waals surface area contributed by atoms with E-state index in [2.05, 4.69) is 28.6 Å². The highest BCUT2D eigenvalue weighted by Gasteiger charge is 2.17. The smallest absolute Gasteiger partial charge is 0.333 e. The summed E-state index contributed by atoms with van der Waals surface area (Å²) in [5, 5.41) is 10.9. The Morgan fingerprint density at radius 3 is 2.52 bits per heavy atom. The van der Waals surface area contributed by atoms with Crippen molar-refractivity contribution in [3.05, 3.63) is 73.1 Å². The molecule has 1 aromatic carbocycles. The molecule has 0 saturated heterocycles. The third-order valence-corrected chi connectivity index (χ3v) is 4.14. The van der Waals surface area contributed by atoms with Crippen molar-refractivity contribution in [3.8, 4) is 0 Å². The highest BCUT2D eigenvalue weighted by Crippen LogP contribution is 2.21. The Morgan fingerprint density at radius 1 is 1.29 bits per heavy atom. The highest BCUT2D eigenvalue weighted by atomic mass is 79.9. The standard InChI is InChI=1S/C14H13BrN2O3S/c15-12-7-16(8-13(14(12)18)17(19)20)6-11(9-21)10-4-2-1-3-5-10/h1-5,7-8,11,21H,6,9H2. The predicted octanol–water partition coefficient (Wildman–Crippen LogP) is 3.23. The molecule has 21 heavy (non-hydrogen) atoms. The lowest BCUT2D eigenvalue weighted by Gasteiger charge is -2.17. The summed E-state index contributed by atoms with van der Waals surface area (Å²) in [6.45, 7) is 0.507. The maximum atomic E-state index is 11.7. The van der Waals surface area contributed by atoms with E-state index in [4.69, 9.17) is 0 Å². The van der Waals surface area contributed by atoms with Gasteiger partial charge in [0.15, 0.2) is 0 Å². The van der Waals surface area contributed by atoms with Crippen molar-refractivity contribution in [2.24, 2.45) is 0 Å². The van der Waals surface area contributed by atoms with Gasteiger partial charge in [0.05, 0.1) is 15.6 Å². The molecule has 1 atom stereocenters. The number of hydrogen-bond acceptors (Lipinski definition) is 4. The van der Waals surface area contributed by atoms with E-state index in [9.17, 15) is 14.9 Å². The van der Waals surface area contributed by atoms with E-state index in [1.54, 1.807) is 10.8 Å². The highest BCUT2D eigenvalue weighted by molar-refractivity contribution is 9.10. The van der Waals surface area contributed by atoms with Crippen LogP contribution in [0.2, 0.25) is 0 Å². The third-order valence-electron chi connectivity index (χ3n) is 3.14. The molecule has 110 valence electrons. The van der Waals surface area contributed by atoms with E-state index in [0.29, 0.717) is 12.3 Å². The molecule has 0 N–H and O–H groups in total. The number of halogens is 1. The van der Waals surface area contributed by atoms with Crippen LogP contribution >= 0.6 is 28.6 Å². The van der Waals surface area contributed by atoms with Crippen molar-refractivity contribution in [1.29, 1.82) is 0 Å². The number of nitrogens with zero attached hydrogens (tertiary/aromatic N) is 2. The van der Waals surface area contributed by atoms with E-state index in [0.717, 1.165) is 5.56 Å². The molecule has 0 bridgehead atoms. The van der Waals surface area contributed by atoms with Gasteiger partial charge < -0.3 is 4.57 Å². The Kier molecular flexibility index (Phi) is 5.19. The summed E-state index contributed by atoms with van der Waals surface area (Å²) in [7, 11) is 0. The van der Waals surface area contributed by atoms with E-state index in [1.807, 2.05) is 30.3 Å². The van der Waals surface area contributed by atoms with E-state index in [1.165, 1.54) is 6.20 Å². The minimum absolute atomic E-state index is 0.100. The zero-order valence-electron chi connectivity index (χ0n) is 11.0. The Labute approximate surface area is 135 Å². The van der Waals surface area contributed by atoms with Gasteiger partial charge in [0.2, 0.25) is 0 Å². The van der Waals surface area contributed by atoms with Gasteiger partial charge in [-0.3, -0.25) is 14.9 Å². The van der Waals surface area contributed by atoms with Crippen LogP contribution in [0.3, 0.4) is 0 Å². The Bertz CT molecular complexity index is 703. The molecule has 7 heteroatoms. The van der Waals surface area contributed by atoms with Crippen LogP contribution in [0, 0.1) is 10.1 Å². The minimum atomic E-state index is -0.665. The number of aromatic nitrogens is 1. The molecule has 2 rings (SSSR count). The average Bonchev–Trinajstić information content (AvgIpc) is 2.48. The molecule has 0 radical (unpaired) electrons. The molecule has 1 heterocycles. The largest absolute Gasteiger partial charge is 0.346 e. The first-order chi connectivity index (χ1) is 10.0. The molecule has 0 saturated carbocycles. The molecule has 0 fully saturated rings. The maximum Gasteiger partial charge on any atom is 0.333 e. The SMILES string of the molecule is O=c1c(Br)cn(CC(CS)c2ccccc2)cc1[N+](=O)[O-]. The summed E-state index contributed by atoms with van der Waals surface area (Å²) in [5.41, 5.74) is 0.0544. The quantitative estimate of drug-likeness (QED) is 0.500. The van der Waals surface area contributed by atoms with E-state index < -0.39 is 16.0 Å². The molecular formula is C14H13BrN2O3S. The summed E-state index contributed by atoms with van der Waals surface area (Å²) < 4.78 is 1.83. The molecule has 2 aromatic rings. The second-order valence-corrected chi connectivity index (χ2v) is 5.78. The van der Waals surface area contributed by atoms with Crippen molar-refractivity contribution in [2.45, 2.75) is 12.5 Å². The first-order valence-corrected chi connectivity index (χ1v) is 7.65. The van der Waals surface area contributed by atoms with Gasteiger partial charge in [-0.25, -0.2) is 0 Å². The Morgan fingerprint density at radius 2 is 1.95 bits per heavy atom. The van der Waals surface area contributed by atoms with Crippen LogP contribution in [0.5, 0.6) is 0 Å². The maximum absolute atomic E-state index is 11.7. The molecular weight excluding hydrogens is 356 g/mol. The number of pyridine rings is 1.